The van der Waals surface area contributed by atoms with Crippen molar-refractivity contribution in [2.24, 2.45) is 0 Å². The first-order valence-electron chi connectivity index (χ1n) is 4.16. The lowest BCUT2D eigenvalue weighted by Gasteiger charge is -2.22. The average molecular weight is 184 g/mol. The minimum atomic E-state index is 0. The molecule has 1 N–H and O–H groups in total. The van der Waals surface area contributed by atoms with E-state index in [1.54, 1.807) is 0 Å². The number of fused-ring (bicyclic) bond motifs is 1. The van der Waals surface area contributed by atoms with Crippen molar-refractivity contribution in [2.75, 3.05) is 6.54 Å². The van der Waals surface area contributed by atoms with Crippen molar-refractivity contribution in [1.29, 1.82) is 0 Å². The van der Waals surface area contributed by atoms with Gasteiger partial charge in [0.1, 0.15) is 0 Å². The maximum atomic E-state index is 3.39. The maximum Gasteiger partial charge on any atom is 0.0208 e. The molecule has 1 unspecified atom stereocenters. The second-order valence-electron chi connectivity index (χ2n) is 3.23. The molecule has 1 aliphatic rings. The first-order valence-corrected chi connectivity index (χ1v) is 4.16. The molecule has 1 aromatic carbocycles. The SMILES string of the molecule is CC1CNCc2ccccc21.Cl. The zero-order valence-electron chi connectivity index (χ0n) is 7.21. The molecule has 1 nitrogen and oxygen atoms in total. The van der Waals surface area contributed by atoms with Crippen molar-refractivity contribution in [3.63, 3.8) is 0 Å². The molecule has 12 heavy (non-hydrogen) atoms. The van der Waals surface area contributed by atoms with E-state index in [0.29, 0.717) is 5.92 Å². The van der Waals surface area contributed by atoms with Gasteiger partial charge in [0.25, 0.3) is 0 Å². The van der Waals surface area contributed by atoms with Crippen LogP contribution in [0, 0.1) is 0 Å². The minimum absolute atomic E-state index is 0. The number of hydrogen-bond donors (Lipinski definition) is 1. The van der Waals surface area contributed by atoms with Crippen LogP contribution < -0.4 is 5.32 Å². The summed E-state index contributed by atoms with van der Waals surface area (Å²) in [5.41, 5.74) is 2.98. The molecule has 0 bridgehead atoms. The highest BCUT2D eigenvalue weighted by molar-refractivity contribution is 5.85. The number of nitrogens with one attached hydrogen (secondary N) is 1. The summed E-state index contributed by atoms with van der Waals surface area (Å²) in [6.07, 6.45) is 0. The topological polar surface area (TPSA) is 12.0 Å². The summed E-state index contributed by atoms with van der Waals surface area (Å²) < 4.78 is 0. The molecular weight excluding hydrogens is 170 g/mol. The van der Waals surface area contributed by atoms with Crippen LogP contribution in [0.3, 0.4) is 0 Å². The van der Waals surface area contributed by atoms with E-state index in [0.717, 1.165) is 13.1 Å². The van der Waals surface area contributed by atoms with Gasteiger partial charge in [0.2, 0.25) is 0 Å². The molecule has 0 aromatic heterocycles. The van der Waals surface area contributed by atoms with Crippen LogP contribution in [-0.2, 0) is 6.54 Å². The molecule has 0 saturated carbocycles. The highest BCUT2D eigenvalue weighted by Crippen LogP contribution is 2.22. The summed E-state index contributed by atoms with van der Waals surface area (Å²) >= 11 is 0. The Morgan fingerprint density at radius 3 is 2.83 bits per heavy atom. The van der Waals surface area contributed by atoms with E-state index in [-0.39, 0.29) is 12.4 Å². The van der Waals surface area contributed by atoms with E-state index in [9.17, 15) is 0 Å². The number of benzene rings is 1. The van der Waals surface area contributed by atoms with Gasteiger partial charge < -0.3 is 5.32 Å². The second-order valence-corrected chi connectivity index (χ2v) is 3.23. The molecule has 1 aromatic rings. The van der Waals surface area contributed by atoms with Crippen molar-refractivity contribution in [3.8, 4) is 0 Å². The Bertz CT molecular complexity index is 260. The second kappa shape index (κ2) is 3.92. The molecular formula is C10H14ClN. The molecule has 0 saturated heterocycles. The van der Waals surface area contributed by atoms with Crippen LogP contribution in [0.2, 0.25) is 0 Å². The lowest BCUT2D eigenvalue weighted by Crippen LogP contribution is -2.26. The largest absolute Gasteiger partial charge is 0.312 e. The first-order chi connectivity index (χ1) is 5.38. The van der Waals surface area contributed by atoms with Gasteiger partial charge in [0, 0.05) is 13.1 Å². The van der Waals surface area contributed by atoms with Crippen molar-refractivity contribution in [3.05, 3.63) is 35.4 Å². The van der Waals surface area contributed by atoms with Gasteiger partial charge in [-0.25, -0.2) is 0 Å². The lowest BCUT2D eigenvalue weighted by molar-refractivity contribution is 0.571. The quantitative estimate of drug-likeness (QED) is 0.651. The van der Waals surface area contributed by atoms with Gasteiger partial charge in [-0.2, -0.15) is 0 Å². The van der Waals surface area contributed by atoms with Gasteiger partial charge in [-0.15, -0.1) is 12.4 Å². The van der Waals surface area contributed by atoms with E-state index in [4.69, 9.17) is 0 Å². The monoisotopic (exact) mass is 183 g/mol. The summed E-state index contributed by atoms with van der Waals surface area (Å²) in [7, 11) is 0. The first kappa shape index (κ1) is 9.56. The van der Waals surface area contributed by atoms with Crippen LogP contribution >= 0.6 is 12.4 Å². The average Bonchev–Trinajstić information content (AvgIpc) is 2.06. The third-order valence-corrected chi connectivity index (χ3v) is 2.35. The minimum Gasteiger partial charge on any atom is -0.312 e. The maximum absolute atomic E-state index is 3.39. The molecule has 66 valence electrons. The van der Waals surface area contributed by atoms with Gasteiger partial charge >= 0.3 is 0 Å². The van der Waals surface area contributed by atoms with Crippen LogP contribution in [0.25, 0.3) is 0 Å². The Morgan fingerprint density at radius 2 is 2.08 bits per heavy atom. The summed E-state index contributed by atoms with van der Waals surface area (Å²) in [5, 5.41) is 3.39. The summed E-state index contributed by atoms with van der Waals surface area (Å²) in [5.74, 6) is 0.681. The predicted octanol–water partition coefficient (Wildman–Crippen LogP) is 2.32. The van der Waals surface area contributed by atoms with E-state index in [1.165, 1.54) is 11.1 Å². The molecule has 0 amide bonds. The van der Waals surface area contributed by atoms with Crippen LogP contribution in [0.5, 0.6) is 0 Å². The Hall–Kier alpha value is -0.530. The third kappa shape index (κ3) is 1.62. The van der Waals surface area contributed by atoms with Crippen LogP contribution in [0.1, 0.15) is 24.0 Å². The molecule has 2 heteroatoms. The lowest BCUT2D eigenvalue weighted by atomic mass is 9.93. The van der Waals surface area contributed by atoms with Crippen molar-refractivity contribution in [2.45, 2.75) is 19.4 Å². The molecule has 1 atom stereocenters. The van der Waals surface area contributed by atoms with Gasteiger partial charge in [0.05, 0.1) is 0 Å². The number of rotatable bonds is 0. The van der Waals surface area contributed by atoms with Crippen molar-refractivity contribution in [1.82, 2.24) is 5.32 Å². The van der Waals surface area contributed by atoms with Crippen molar-refractivity contribution >= 4 is 12.4 Å². The van der Waals surface area contributed by atoms with Gasteiger partial charge in [-0.05, 0) is 17.0 Å². The standard InChI is InChI=1S/C10H13N.ClH/c1-8-6-11-7-9-4-2-3-5-10(8)9;/h2-5,8,11H,6-7H2,1H3;1H. The molecule has 1 heterocycles. The normalized spacial score (nSPS) is 20.9. The zero-order chi connectivity index (χ0) is 7.68. The van der Waals surface area contributed by atoms with Gasteiger partial charge in [-0.1, -0.05) is 31.2 Å². The summed E-state index contributed by atoms with van der Waals surface area (Å²) in [6.45, 7) is 4.43. The molecule has 0 aliphatic carbocycles. The third-order valence-electron chi connectivity index (χ3n) is 2.35. The van der Waals surface area contributed by atoms with E-state index < -0.39 is 0 Å². The summed E-state index contributed by atoms with van der Waals surface area (Å²) in [6, 6.07) is 8.68. The molecule has 0 fully saturated rings. The number of halogens is 1. The van der Waals surface area contributed by atoms with Crippen LogP contribution in [-0.4, -0.2) is 6.54 Å². The smallest absolute Gasteiger partial charge is 0.0208 e. The fourth-order valence-electron chi connectivity index (χ4n) is 1.71. The molecule has 0 spiro atoms. The molecule has 1 aliphatic heterocycles. The highest BCUT2D eigenvalue weighted by atomic mass is 35.5. The Kier molecular flexibility index (Phi) is 3.12. The predicted molar refractivity (Wildman–Crippen MR) is 53.8 cm³/mol. The van der Waals surface area contributed by atoms with E-state index in [2.05, 4.69) is 36.5 Å². The number of hydrogen-bond acceptors (Lipinski definition) is 1. The fraction of sp³-hybridized carbons (Fsp3) is 0.400. The van der Waals surface area contributed by atoms with Crippen molar-refractivity contribution < 1.29 is 0 Å². The fourth-order valence-corrected chi connectivity index (χ4v) is 1.71. The van der Waals surface area contributed by atoms with Crippen LogP contribution in [0.15, 0.2) is 24.3 Å². The zero-order valence-corrected chi connectivity index (χ0v) is 8.03. The Balaban J connectivity index is 0.000000720. The van der Waals surface area contributed by atoms with E-state index in [1.807, 2.05) is 0 Å². The van der Waals surface area contributed by atoms with E-state index >= 15 is 0 Å². The molecule has 0 radical (unpaired) electrons. The van der Waals surface area contributed by atoms with Crippen LogP contribution in [0.4, 0.5) is 0 Å². The Morgan fingerprint density at radius 1 is 1.33 bits per heavy atom. The Labute approximate surface area is 79.6 Å². The van der Waals surface area contributed by atoms with Gasteiger partial charge in [-0.3, -0.25) is 0 Å². The highest BCUT2D eigenvalue weighted by Gasteiger charge is 2.13. The molecule has 2 rings (SSSR count). The summed E-state index contributed by atoms with van der Waals surface area (Å²) in [4.78, 5) is 0. The van der Waals surface area contributed by atoms with Gasteiger partial charge in [0.15, 0.2) is 0 Å².